The minimum absolute atomic E-state index is 0.116. The smallest absolute Gasteiger partial charge is 0.230 e. The molecule has 2 rings (SSSR count). The van der Waals surface area contributed by atoms with Crippen LogP contribution in [0, 0.1) is 0 Å². The van der Waals surface area contributed by atoms with E-state index in [4.69, 9.17) is 0 Å². The molecule has 22 heavy (non-hydrogen) atoms. The quantitative estimate of drug-likeness (QED) is 0.689. The normalized spacial score (nSPS) is 10.4. The number of rotatable bonds is 8. The number of carbonyl (C=O) groups excluding carboxylic acids is 1. The zero-order valence-corrected chi connectivity index (χ0v) is 14.8. The summed E-state index contributed by atoms with van der Waals surface area (Å²) in [5.74, 6) is 1.47. The van der Waals surface area contributed by atoms with Gasteiger partial charge in [0, 0.05) is 16.8 Å². The second kappa shape index (κ2) is 9.70. The molecule has 2 aromatic rings. The first-order valence-electron chi connectivity index (χ1n) is 7.37. The summed E-state index contributed by atoms with van der Waals surface area (Å²) in [5.41, 5.74) is 2.55. The van der Waals surface area contributed by atoms with Gasteiger partial charge < -0.3 is 5.32 Å². The molecule has 0 radical (unpaired) electrons. The molecule has 0 heterocycles. The first-order chi connectivity index (χ1) is 10.8. The minimum Gasteiger partial charge on any atom is -0.355 e. The van der Waals surface area contributed by atoms with Crippen LogP contribution in [0.3, 0.4) is 0 Å². The fourth-order valence-electron chi connectivity index (χ4n) is 2.09. The van der Waals surface area contributed by atoms with Crippen molar-refractivity contribution < 1.29 is 4.79 Å². The molecule has 0 bridgehead atoms. The Bertz CT molecular complexity index is 589. The van der Waals surface area contributed by atoms with Crippen molar-refractivity contribution >= 4 is 33.6 Å². The molecule has 116 valence electrons. The lowest BCUT2D eigenvalue weighted by molar-refractivity contribution is -0.118. The van der Waals surface area contributed by atoms with Crippen LogP contribution in [0.5, 0.6) is 0 Å². The van der Waals surface area contributed by atoms with Crippen molar-refractivity contribution in [1.82, 2.24) is 5.32 Å². The van der Waals surface area contributed by atoms with E-state index in [1.165, 1.54) is 11.1 Å². The molecule has 1 amide bonds. The molecule has 1 N–H and O–H groups in total. The SMILES string of the molecule is O=C(CSCc1ccccc1Br)NCCCc1ccccc1. The van der Waals surface area contributed by atoms with Crippen molar-refractivity contribution in [3.05, 3.63) is 70.2 Å². The van der Waals surface area contributed by atoms with E-state index >= 15 is 0 Å². The summed E-state index contributed by atoms with van der Waals surface area (Å²) in [7, 11) is 0. The number of carbonyl (C=O) groups is 1. The Hall–Kier alpha value is -1.26. The second-order valence-corrected chi connectivity index (χ2v) is 6.86. The molecule has 2 nitrogen and oxygen atoms in total. The molecule has 0 fully saturated rings. The van der Waals surface area contributed by atoms with Crippen LogP contribution in [0.4, 0.5) is 0 Å². The van der Waals surface area contributed by atoms with Crippen LogP contribution in [-0.4, -0.2) is 18.2 Å². The predicted octanol–water partition coefficient (Wildman–Crippen LogP) is 4.43. The Balaban J connectivity index is 1.57. The average molecular weight is 378 g/mol. The van der Waals surface area contributed by atoms with Gasteiger partial charge in [-0.1, -0.05) is 64.5 Å². The summed E-state index contributed by atoms with van der Waals surface area (Å²) in [6.07, 6.45) is 1.98. The van der Waals surface area contributed by atoms with Gasteiger partial charge in [0.1, 0.15) is 0 Å². The van der Waals surface area contributed by atoms with E-state index in [1.54, 1.807) is 11.8 Å². The highest BCUT2D eigenvalue weighted by Gasteiger charge is 2.03. The minimum atomic E-state index is 0.116. The van der Waals surface area contributed by atoms with Crippen LogP contribution >= 0.6 is 27.7 Å². The van der Waals surface area contributed by atoms with E-state index in [0.717, 1.165) is 29.6 Å². The van der Waals surface area contributed by atoms with Gasteiger partial charge in [-0.05, 0) is 30.0 Å². The van der Waals surface area contributed by atoms with Crippen LogP contribution in [0.1, 0.15) is 17.5 Å². The molecular formula is C18H20BrNOS. The van der Waals surface area contributed by atoms with E-state index in [1.807, 2.05) is 36.4 Å². The molecule has 0 spiro atoms. The summed E-state index contributed by atoms with van der Waals surface area (Å²) in [5, 5.41) is 2.98. The van der Waals surface area contributed by atoms with Gasteiger partial charge in [-0.2, -0.15) is 0 Å². The Morgan fingerprint density at radius 2 is 1.77 bits per heavy atom. The number of aryl methyl sites for hydroxylation is 1. The molecular weight excluding hydrogens is 358 g/mol. The maximum absolute atomic E-state index is 11.8. The van der Waals surface area contributed by atoms with Gasteiger partial charge in [0.05, 0.1) is 5.75 Å². The number of benzene rings is 2. The number of hydrogen-bond donors (Lipinski definition) is 1. The molecule has 4 heteroatoms. The van der Waals surface area contributed by atoms with Crippen molar-refractivity contribution in [2.45, 2.75) is 18.6 Å². The Morgan fingerprint density at radius 3 is 2.55 bits per heavy atom. The molecule has 0 atom stereocenters. The molecule has 0 aliphatic rings. The van der Waals surface area contributed by atoms with Gasteiger partial charge in [0.2, 0.25) is 5.91 Å². The van der Waals surface area contributed by atoms with Gasteiger partial charge in [0.15, 0.2) is 0 Å². The molecule has 2 aromatic carbocycles. The number of nitrogens with one attached hydrogen (secondary N) is 1. The molecule has 0 saturated carbocycles. The van der Waals surface area contributed by atoms with E-state index in [2.05, 4.69) is 39.4 Å². The lowest BCUT2D eigenvalue weighted by Crippen LogP contribution is -2.26. The second-order valence-electron chi connectivity index (χ2n) is 5.02. The number of amides is 1. The zero-order chi connectivity index (χ0) is 15.6. The Kier molecular flexibility index (Phi) is 7.54. The summed E-state index contributed by atoms with van der Waals surface area (Å²) in [6, 6.07) is 18.5. The highest BCUT2D eigenvalue weighted by Crippen LogP contribution is 2.20. The van der Waals surface area contributed by atoms with Crippen LogP contribution in [0.2, 0.25) is 0 Å². The highest BCUT2D eigenvalue weighted by atomic mass is 79.9. The van der Waals surface area contributed by atoms with Crippen LogP contribution in [0.25, 0.3) is 0 Å². The van der Waals surface area contributed by atoms with Gasteiger partial charge in [0.25, 0.3) is 0 Å². The van der Waals surface area contributed by atoms with Gasteiger partial charge >= 0.3 is 0 Å². The summed E-state index contributed by atoms with van der Waals surface area (Å²) in [4.78, 5) is 11.8. The van der Waals surface area contributed by atoms with Crippen molar-refractivity contribution in [3.63, 3.8) is 0 Å². The lowest BCUT2D eigenvalue weighted by Gasteiger charge is -2.06. The molecule has 0 unspecified atom stereocenters. The van der Waals surface area contributed by atoms with Crippen molar-refractivity contribution in [1.29, 1.82) is 0 Å². The first kappa shape index (κ1) is 17.1. The maximum atomic E-state index is 11.8. The third kappa shape index (κ3) is 6.24. The summed E-state index contributed by atoms with van der Waals surface area (Å²) < 4.78 is 1.10. The maximum Gasteiger partial charge on any atom is 0.230 e. The van der Waals surface area contributed by atoms with E-state index < -0.39 is 0 Å². The van der Waals surface area contributed by atoms with Crippen LogP contribution in [-0.2, 0) is 17.0 Å². The lowest BCUT2D eigenvalue weighted by atomic mass is 10.1. The van der Waals surface area contributed by atoms with Crippen molar-refractivity contribution in [2.24, 2.45) is 0 Å². The fourth-order valence-corrected chi connectivity index (χ4v) is 3.56. The average Bonchev–Trinajstić information content (AvgIpc) is 2.54. The number of halogens is 1. The highest BCUT2D eigenvalue weighted by molar-refractivity contribution is 9.10. The first-order valence-corrected chi connectivity index (χ1v) is 9.32. The third-order valence-electron chi connectivity index (χ3n) is 3.26. The van der Waals surface area contributed by atoms with Crippen LogP contribution in [0.15, 0.2) is 59.1 Å². The topological polar surface area (TPSA) is 29.1 Å². The number of thioether (sulfide) groups is 1. The van der Waals surface area contributed by atoms with Gasteiger partial charge in [-0.25, -0.2) is 0 Å². The monoisotopic (exact) mass is 377 g/mol. The summed E-state index contributed by atoms with van der Waals surface area (Å²) >= 11 is 5.16. The Morgan fingerprint density at radius 1 is 1.05 bits per heavy atom. The Labute approximate surface area is 144 Å². The standard InChI is InChI=1S/C18H20BrNOS/c19-17-11-5-4-10-16(17)13-22-14-18(21)20-12-6-9-15-7-2-1-3-8-15/h1-5,7-8,10-11H,6,9,12-14H2,(H,20,21). The fraction of sp³-hybridized carbons (Fsp3) is 0.278. The molecule has 0 aromatic heterocycles. The molecule has 0 aliphatic heterocycles. The third-order valence-corrected chi connectivity index (χ3v) is 5.01. The van der Waals surface area contributed by atoms with Gasteiger partial charge in [-0.3, -0.25) is 4.79 Å². The predicted molar refractivity (Wildman–Crippen MR) is 98.1 cm³/mol. The van der Waals surface area contributed by atoms with E-state index in [9.17, 15) is 4.79 Å². The van der Waals surface area contributed by atoms with Crippen molar-refractivity contribution in [2.75, 3.05) is 12.3 Å². The largest absolute Gasteiger partial charge is 0.355 e. The van der Waals surface area contributed by atoms with Crippen LogP contribution < -0.4 is 5.32 Å². The van der Waals surface area contributed by atoms with E-state index in [-0.39, 0.29) is 5.91 Å². The van der Waals surface area contributed by atoms with Crippen molar-refractivity contribution in [3.8, 4) is 0 Å². The number of hydrogen-bond acceptors (Lipinski definition) is 2. The van der Waals surface area contributed by atoms with E-state index in [0.29, 0.717) is 5.75 Å². The summed E-state index contributed by atoms with van der Waals surface area (Å²) in [6.45, 7) is 0.739. The molecule has 0 aliphatic carbocycles. The molecule has 0 saturated heterocycles. The van der Waals surface area contributed by atoms with Gasteiger partial charge in [-0.15, -0.1) is 11.8 Å². The zero-order valence-electron chi connectivity index (χ0n) is 12.4.